The minimum atomic E-state index is -0.287. The first-order chi connectivity index (χ1) is 9.74. The van der Waals surface area contributed by atoms with Crippen LogP contribution in [0.2, 0.25) is 0 Å². The van der Waals surface area contributed by atoms with Gasteiger partial charge < -0.3 is 4.90 Å². The van der Waals surface area contributed by atoms with Crippen LogP contribution in [0.25, 0.3) is 5.69 Å². The summed E-state index contributed by atoms with van der Waals surface area (Å²) < 4.78 is 14.5. The van der Waals surface area contributed by atoms with Gasteiger partial charge in [0.25, 0.3) is 5.91 Å². The minimum absolute atomic E-state index is 0.0226. The molecule has 4 nitrogen and oxygen atoms in total. The Morgan fingerprint density at radius 2 is 1.75 bits per heavy atom. The van der Waals surface area contributed by atoms with Gasteiger partial charge in [-0.15, -0.1) is 0 Å². The van der Waals surface area contributed by atoms with E-state index in [1.807, 2.05) is 4.90 Å². The molecule has 0 spiro atoms. The molecule has 0 N–H and O–H groups in total. The molecule has 0 bridgehead atoms. The number of rotatable bonds is 2. The standard InChI is InChI=1S/C15H16FN3O/c16-12-4-6-13(7-5-12)19-11-8-14(17-19)15(20)18-9-2-1-3-10-18/h4-8,11H,1-3,9-10H2. The Labute approximate surface area is 116 Å². The highest BCUT2D eigenvalue weighted by molar-refractivity contribution is 5.92. The van der Waals surface area contributed by atoms with E-state index < -0.39 is 0 Å². The van der Waals surface area contributed by atoms with Crippen molar-refractivity contribution in [1.29, 1.82) is 0 Å². The smallest absolute Gasteiger partial charge is 0.274 e. The third-order valence-electron chi connectivity index (χ3n) is 3.54. The summed E-state index contributed by atoms with van der Waals surface area (Å²) in [6.45, 7) is 1.62. The molecule has 0 radical (unpaired) electrons. The SMILES string of the molecule is O=C(c1ccn(-c2ccc(F)cc2)n1)N1CCCCC1. The Hall–Kier alpha value is -2.17. The average molecular weight is 273 g/mol. The minimum Gasteiger partial charge on any atom is -0.337 e. The Kier molecular flexibility index (Phi) is 3.50. The zero-order chi connectivity index (χ0) is 13.9. The van der Waals surface area contributed by atoms with Crippen LogP contribution in [0.3, 0.4) is 0 Å². The molecule has 1 aliphatic rings. The number of benzene rings is 1. The summed E-state index contributed by atoms with van der Waals surface area (Å²) in [5.41, 5.74) is 1.18. The van der Waals surface area contributed by atoms with Gasteiger partial charge in [-0.05, 0) is 49.6 Å². The predicted octanol–water partition coefficient (Wildman–Crippen LogP) is 2.64. The van der Waals surface area contributed by atoms with E-state index in [4.69, 9.17) is 0 Å². The lowest BCUT2D eigenvalue weighted by Crippen LogP contribution is -2.35. The lowest BCUT2D eigenvalue weighted by Gasteiger charge is -2.25. The summed E-state index contributed by atoms with van der Waals surface area (Å²) in [6, 6.07) is 7.74. The van der Waals surface area contributed by atoms with Crippen LogP contribution in [0.5, 0.6) is 0 Å². The van der Waals surface area contributed by atoms with Gasteiger partial charge >= 0.3 is 0 Å². The van der Waals surface area contributed by atoms with E-state index in [0.717, 1.165) is 31.6 Å². The van der Waals surface area contributed by atoms with Crippen molar-refractivity contribution in [3.05, 3.63) is 48.0 Å². The molecule has 0 saturated carbocycles. The van der Waals surface area contributed by atoms with E-state index >= 15 is 0 Å². The number of nitrogens with zero attached hydrogens (tertiary/aromatic N) is 3. The number of carbonyl (C=O) groups is 1. The van der Waals surface area contributed by atoms with Crippen LogP contribution in [-0.2, 0) is 0 Å². The number of hydrogen-bond donors (Lipinski definition) is 0. The molecule has 0 atom stereocenters. The van der Waals surface area contributed by atoms with Crippen molar-refractivity contribution >= 4 is 5.91 Å². The number of piperidine rings is 1. The third-order valence-corrected chi connectivity index (χ3v) is 3.54. The largest absolute Gasteiger partial charge is 0.337 e. The van der Waals surface area contributed by atoms with Crippen molar-refractivity contribution in [2.24, 2.45) is 0 Å². The average Bonchev–Trinajstić information content (AvgIpc) is 2.98. The monoisotopic (exact) mass is 273 g/mol. The molecule has 2 heterocycles. The van der Waals surface area contributed by atoms with E-state index in [9.17, 15) is 9.18 Å². The number of aromatic nitrogens is 2. The fraction of sp³-hybridized carbons (Fsp3) is 0.333. The summed E-state index contributed by atoms with van der Waals surface area (Å²) in [5.74, 6) is -0.309. The molecule has 0 unspecified atom stereocenters. The Balaban J connectivity index is 1.79. The number of halogens is 1. The zero-order valence-electron chi connectivity index (χ0n) is 11.1. The highest BCUT2D eigenvalue weighted by atomic mass is 19.1. The number of hydrogen-bond acceptors (Lipinski definition) is 2. The van der Waals surface area contributed by atoms with Gasteiger partial charge in [0.05, 0.1) is 5.69 Å². The Morgan fingerprint density at radius 1 is 1.05 bits per heavy atom. The summed E-state index contributed by atoms with van der Waals surface area (Å²) >= 11 is 0. The highest BCUT2D eigenvalue weighted by Gasteiger charge is 2.20. The van der Waals surface area contributed by atoms with Crippen LogP contribution >= 0.6 is 0 Å². The lowest BCUT2D eigenvalue weighted by molar-refractivity contribution is 0.0718. The molecular formula is C15H16FN3O. The Bertz CT molecular complexity index is 600. The van der Waals surface area contributed by atoms with Gasteiger partial charge in [-0.2, -0.15) is 5.10 Å². The zero-order valence-corrected chi connectivity index (χ0v) is 11.1. The topological polar surface area (TPSA) is 38.1 Å². The first kappa shape index (κ1) is 12.8. The van der Waals surface area contributed by atoms with Gasteiger partial charge in [-0.25, -0.2) is 9.07 Å². The molecular weight excluding hydrogens is 257 g/mol. The fourth-order valence-corrected chi connectivity index (χ4v) is 2.43. The van der Waals surface area contributed by atoms with Gasteiger partial charge in [-0.3, -0.25) is 4.79 Å². The first-order valence-electron chi connectivity index (χ1n) is 6.85. The third kappa shape index (κ3) is 2.57. The molecule has 1 aromatic carbocycles. The second kappa shape index (κ2) is 5.45. The predicted molar refractivity (Wildman–Crippen MR) is 73.3 cm³/mol. The molecule has 1 fully saturated rings. The molecule has 0 aliphatic carbocycles. The number of amides is 1. The van der Waals surface area contributed by atoms with Crippen molar-refractivity contribution < 1.29 is 9.18 Å². The summed E-state index contributed by atoms with van der Waals surface area (Å²) in [7, 11) is 0. The molecule has 1 saturated heterocycles. The lowest BCUT2D eigenvalue weighted by atomic mass is 10.1. The quantitative estimate of drug-likeness (QED) is 0.843. The second-order valence-electron chi connectivity index (χ2n) is 4.97. The summed E-state index contributed by atoms with van der Waals surface area (Å²) in [6.07, 6.45) is 5.03. The van der Waals surface area contributed by atoms with Crippen LogP contribution in [0.1, 0.15) is 29.8 Å². The van der Waals surface area contributed by atoms with Crippen molar-refractivity contribution in [1.82, 2.24) is 14.7 Å². The van der Waals surface area contributed by atoms with Crippen LogP contribution in [0.4, 0.5) is 4.39 Å². The van der Waals surface area contributed by atoms with E-state index in [1.165, 1.54) is 18.6 Å². The van der Waals surface area contributed by atoms with Crippen molar-refractivity contribution in [2.75, 3.05) is 13.1 Å². The van der Waals surface area contributed by atoms with E-state index in [-0.39, 0.29) is 11.7 Å². The maximum atomic E-state index is 12.9. The maximum Gasteiger partial charge on any atom is 0.274 e. The van der Waals surface area contributed by atoms with Crippen molar-refractivity contribution in [3.63, 3.8) is 0 Å². The van der Waals surface area contributed by atoms with Crippen LogP contribution < -0.4 is 0 Å². The van der Waals surface area contributed by atoms with Crippen LogP contribution in [-0.4, -0.2) is 33.7 Å². The molecule has 104 valence electrons. The maximum absolute atomic E-state index is 12.9. The van der Waals surface area contributed by atoms with E-state index in [2.05, 4.69) is 5.10 Å². The normalized spacial score (nSPS) is 15.3. The van der Waals surface area contributed by atoms with Gasteiger partial charge in [0.1, 0.15) is 5.82 Å². The fourth-order valence-electron chi connectivity index (χ4n) is 2.43. The van der Waals surface area contributed by atoms with Crippen molar-refractivity contribution in [3.8, 4) is 5.69 Å². The van der Waals surface area contributed by atoms with E-state index in [0.29, 0.717) is 5.69 Å². The van der Waals surface area contributed by atoms with Crippen LogP contribution in [0.15, 0.2) is 36.5 Å². The molecule has 1 aliphatic heterocycles. The molecule has 1 amide bonds. The second-order valence-corrected chi connectivity index (χ2v) is 4.97. The molecule has 2 aromatic rings. The van der Waals surface area contributed by atoms with Gasteiger partial charge in [0.15, 0.2) is 5.69 Å². The Morgan fingerprint density at radius 3 is 2.45 bits per heavy atom. The molecule has 20 heavy (non-hydrogen) atoms. The summed E-state index contributed by atoms with van der Waals surface area (Å²) in [4.78, 5) is 14.1. The highest BCUT2D eigenvalue weighted by Crippen LogP contribution is 2.14. The number of likely N-dealkylation sites (tertiary alicyclic amines) is 1. The first-order valence-corrected chi connectivity index (χ1v) is 6.85. The molecule has 1 aromatic heterocycles. The van der Waals surface area contributed by atoms with Crippen molar-refractivity contribution in [2.45, 2.75) is 19.3 Å². The van der Waals surface area contributed by atoms with Crippen LogP contribution in [0, 0.1) is 5.82 Å². The van der Waals surface area contributed by atoms with Gasteiger partial charge in [0, 0.05) is 19.3 Å². The van der Waals surface area contributed by atoms with Gasteiger partial charge in [-0.1, -0.05) is 0 Å². The van der Waals surface area contributed by atoms with Gasteiger partial charge in [0.2, 0.25) is 0 Å². The summed E-state index contributed by atoms with van der Waals surface area (Å²) in [5, 5.41) is 4.29. The van der Waals surface area contributed by atoms with E-state index in [1.54, 1.807) is 29.1 Å². The molecule has 3 rings (SSSR count). The molecule has 5 heteroatoms. The number of carbonyl (C=O) groups excluding carboxylic acids is 1.